The molecule has 1 aromatic heterocycles. The zero-order valence-corrected chi connectivity index (χ0v) is 10.7. The molecule has 0 saturated carbocycles. The van der Waals surface area contributed by atoms with E-state index in [2.05, 4.69) is 10.4 Å². The molecule has 2 aromatic rings. The van der Waals surface area contributed by atoms with Gasteiger partial charge in [0, 0.05) is 13.6 Å². The van der Waals surface area contributed by atoms with Crippen molar-refractivity contribution >= 4 is 17.3 Å². The Morgan fingerprint density at radius 2 is 2.11 bits per heavy atom. The van der Waals surface area contributed by atoms with Gasteiger partial charge in [0.15, 0.2) is 11.6 Å². The van der Waals surface area contributed by atoms with E-state index >= 15 is 0 Å². The minimum Gasteiger partial charge on any atom is -0.378 e. The zero-order valence-electron chi connectivity index (χ0n) is 9.95. The number of hydrogen-bond donors (Lipinski definition) is 1. The predicted octanol–water partition coefficient (Wildman–Crippen LogP) is 2.32. The number of hydrogen-bond acceptors (Lipinski definition) is 3. The maximum atomic E-state index is 13.0. The molecule has 2 rings (SSSR count). The SMILES string of the molecule is Cn1ncc(NCc2ccc(F)c(F)c2)c(Cl)c1=O. The molecule has 0 spiro atoms. The molecule has 100 valence electrons. The topological polar surface area (TPSA) is 46.9 Å². The van der Waals surface area contributed by atoms with E-state index < -0.39 is 17.2 Å². The fourth-order valence-electron chi connectivity index (χ4n) is 1.48. The van der Waals surface area contributed by atoms with Crippen LogP contribution in [0, 0.1) is 11.6 Å². The first-order chi connectivity index (χ1) is 8.99. The molecule has 0 unspecified atom stereocenters. The van der Waals surface area contributed by atoms with Gasteiger partial charge in [0.05, 0.1) is 11.9 Å². The number of benzene rings is 1. The van der Waals surface area contributed by atoms with E-state index in [9.17, 15) is 13.6 Å². The van der Waals surface area contributed by atoms with Crippen LogP contribution in [-0.2, 0) is 13.6 Å². The lowest BCUT2D eigenvalue weighted by molar-refractivity contribution is 0.507. The number of halogens is 3. The van der Waals surface area contributed by atoms with Gasteiger partial charge in [0.1, 0.15) is 5.02 Å². The molecule has 0 bridgehead atoms. The molecule has 0 fully saturated rings. The maximum Gasteiger partial charge on any atom is 0.287 e. The number of nitrogens with zero attached hydrogens (tertiary/aromatic N) is 2. The van der Waals surface area contributed by atoms with Gasteiger partial charge < -0.3 is 5.32 Å². The highest BCUT2D eigenvalue weighted by molar-refractivity contribution is 6.32. The first-order valence-corrected chi connectivity index (χ1v) is 5.76. The second-order valence-corrected chi connectivity index (χ2v) is 4.28. The van der Waals surface area contributed by atoms with Crippen LogP contribution in [0.15, 0.2) is 29.2 Å². The van der Waals surface area contributed by atoms with Crippen LogP contribution in [0.3, 0.4) is 0 Å². The lowest BCUT2D eigenvalue weighted by Crippen LogP contribution is -2.21. The van der Waals surface area contributed by atoms with E-state index in [0.717, 1.165) is 16.8 Å². The highest BCUT2D eigenvalue weighted by Gasteiger charge is 2.07. The van der Waals surface area contributed by atoms with Crippen molar-refractivity contribution in [1.82, 2.24) is 9.78 Å². The molecule has 0 aliphatic rings. The molecule has 4 nitrogen and oxygen atoms in total. The molecule has 0 atom stereocenters. The van der Waals surface area contributed by atoms with Crippen LogP contribution >= 0.6 is 11.6 Å². The molecule has 0 aliphatic heterocycles. The number of aryl methyl sites for hydroxylation is 1. The Kier molecular flexibility index (Phi) is 3.80. The summed E-state index contributed by atoms with van der Waals surface area (Å²) >= 11 is 5.85. The average molecular weight is 286 g/mol. The zero-order chi connectivity index (χ0) is 14.0. The Morgan fingerprint density at radius 3 is 2.79 bits per heavy atom. The Morgan fingerprint density at radius 1 is 1.37 bits per heavy atom. The van der Waals surface area contributed by atoms with Crippen molar-refractivity contribution in [1.29, 1.82) is 0 Å². The van der Waals surface area contributed by atoms with Crippen molar-refractivity contribution in [3.05, 3.63) is 57.0 Å². The summed E-state index contributed by atoms with van der Waals surface area (Å²) in [6.45, 7) is 0.200. The third-order valence-corrected chi connectivity index (χ3v) is 2.91. The molecular weight excluding hydrogens is 276 g/mol. The normalized spacial score (nSPS) is 10.5. The van der Waals surface area contributed by atoms with Crippen LogP contribution < -0.4 is 10.9 Å². The minimum absolute atomic E-state index is 0.0000774. The molecule has 1 N–H and O–H groups in total. The number of anilines is 1. The molecule has 1 heterocycles. The highest BCUT2D eigenvalue weighted by Crippen LogP contribution is 2.17. The number of rotatable bonds is 3. The van der Waals surface area contributed by atoms with Crippen LogP contribution in [0.25, 0.3) is 0 Å². The standard InChI is InChI=1S/C12H10ClF2N3O/c1-18-12(19)11(13)10(6-17-18)16-5-7-2-3-8(14)9(15)4-7/h2-4,6,16H,5H2,1H3. The fraction of sp³-hybridized carbons (Fsp3) is 0.167. The molecular formula is C12H10ClF2N3O. The Bertz CT molecular complexity index is 673. The summed E-state index contributed by atoms with van der Waals surface area (Å²) in [4.78, 5) is 11.5. The summed E-state index contributed by atoms with van der Waals surface area (Å²) in [5.74, 6) is -1.83. The Balaban J connectivity index is 2.17. The minimum atomic E-state index is -0.924. The van der Waals surface area contributed by atoms with Crippen LogP contribution in [0.1, 0.15) is 5.56 Å². The van der Waals surface area contributed by atoms with Gasteiger partial charge in [0.2, 0.25) is 0 Å². The molecule has 0 amide bonds. The Hall–Kier alpha value is -1.95. The quantitative estimate of drug-likeness (QED) is 0.941. The van der Waals surface area contributed by atoms with Gasteiger partial charge in [-0.05, 0) is 17.7 Å². The molecule has 19 heavy (non-hydrogen) atoms. The van der Waals surface area contributed by atoms with Gasteiger partial charge in [-0.1, -0.05) is 17.7 Å². The van der Waals surface area contributed by atoms with E-state index in [1.807, 2.05) is 0 Å². The van der Waals surface area contributed by atoms with Crippen molar-refractivity contribution in [3.63, 3.8) is 0 Å². The van der Waals surface area contributed by atoms with Gasteiger partial charge in [0.25, 0.3) is 5.56 Å². The summed E-state index contributed by atoms with van der Waals surface area (Å²) in [5, 5.41) is 6.65. The van der Waals surface area contributed by atoms with Crippen LogP contribution in [0.5, 0.6) is 0 Å². The predicted molar refractivity (Wildman–Crippen MR) is 68.2 cm³/mol. The van der Waals surface area contributed by atoms with Crippen LogP contribution in [0.2, 0.25) is 5.02 Å². The van der Waals surface area contributed by atoms with E-state index in [1.54, 1.807) is 0 Å². The highest BCUT2D eigenvalue weighted by atomic mass is 35.5. The van der Waals surface area contributed by atoms with Crippen molar-refractivity contribution < 1.29 is 8.78 Å². The second kappa shape index (κ2) is 5.36. The van der Waals surface area contributed by atoms with Crippen LogP contribution in [0.4, 0.5) is 14.5 Å². The third-order valence-electron chi connectivity index (χ3n) is 2.55. The van der Waals surface area contributed by atoms with Gasteiger partial charge in [-0.15, -0.1) is 0 Å². The van der Waals surface area contributed by atoms with Gasteiger partial charge in [-0.2, -0.15) is 5.10 Å². The fourth-order valence-corrected chi connectivity index (χ4v) is 1.72. The van der Waals surface area contributed by atoms with Crippen molar-refractivity contribution in [2.75, 3.05) is 5.32 Å². The third kappa shape index (κ3) is 2.90. The summed E-state index contributed by atoms with van der Waals surface area (Å²) in [6, 6.07) is 3.55. The largest absolute Gasteiger partial charge is 0.378 e. The summed E-state index contributed by atoms with van der Waals surface area (Å²) in [6.07, 6.45) is 1.39. The van der Waals surface area contributed by atoms with Crippen molar-refractivity contribution in [3.8, 4) is 0 Å². The van der Waals surface area contributed by atoms with E-state index in [4.69, 9.17) is 11.6 Å². The summed E-state index contributed by atoms with van der Waals surface area (Å²) < 4.78 is 26.9. The summed E-state index contributed by atoms with van der Waals surface area (Å²) in [5.41, 5.74) is 0.432. The molecule has 0 aliphatic carbocycles. The van der Waals surface area contributed by atoms with E-state index in [-0.39, 0.29) is 11.6 Å². The Labute approximate surface area is 112 Å². The molecule has 7 heteroatoms. The molecule has 1 aromatic carbocycles. The molecule has 0 radical (unpaired) electrons. The molecule has 0 saturated heterocycles. The van der Waals surface area contributed by atoms with Crippen molar-refractivity contribution in [2.45, 2.75) is 6.54 Å². The monoisotopic (exact) mass is 285 g/mol. The first kappa shape index (κ1) is 13.5. The number of aromatic nitrogens is 2. The average Bonchev–Trinajstić information content (AvgIpc) is 2.39. The maximum absolute atomic E-state index is 13.0. The second-order valence-electron chi connectivity index (χ2n) is 3.90. The summed E-state index contributed by atoms with van der Waals surface area (Å²) in [7, 11) is 1.48. The first-order valence-electron chi connectivity index (χ1n) is 5.38. The smallest absolute Gasteiger partial charge is 0.287 e. The van der Waals surface area contributed by atoms with E-state index in [0.29, 0.717) is 11.3 Å². The van der Waals surface area contributed by atoms with E-state index in [1.165, 1.54) is 19.3 Å². The van der Waals surface area contributed by atoms with Gasteiger partial charge in [-0.3, -0.25) is 4.79 Å². The van der Waals surface area contributed by atoms with Gasteiger partial charge >= 0.3 is 0 Å². The van der Waals surface area contributed by atoms with Crippen LogP contribution in [-0.4, -0.2) is 9.78 Å². The number of nitrogens with one attached hydrogen (secondary N) is 1. The lowest BCUT2D eigenvalue weighted by Gasteiger charge is -2.08. The lowest BCUT2D eigenvalue weighted by atomic mass is 10.2. The van der Waals surface area contributed by atoms with Gasteiger partial charge in [-0.25, -0.2) is 13.5 Å². The van der Waals surface area contributed by atoms with Crippen molar-refractivity contribution in [2.24, 2.45) is 7.05 Å².